The summed E-state index contributed by atoms with van der Waals surface area (Å²) < 4.78 is 14.9. The molecule has 0 saturated heterocycles. The molecule has 0 saturated carbocycles. The molecule has 1 aliphatic heterocycles. The van der Waals surface area contributed by atoms with E-state index in [1.165, 1.54) is 10.8 Å². The molecular formula is C7H7N3O2S. The number of aromatic nitrogens is 2. The van der Waals surface area contributed by atoms with Crippen LogP contribution >= 0.6 is 0 Å². The maximum atomic E-state index is 11.2. The summed E-state index contributed by atoms with van der Waals surface area (Å²) in [5.74, 6) is -0.346. The molecule has 13 heavy (non-hydrogen) atoms. The van der Waals surface area contributed by atoms with E-state index >= 15 is 0 Å². The molecule has 0 spiro atoms. The van der Waals surface area contributed by atoms with Crippen LogP contribution in [-0.2, 0) is 15.8 Å². The summed E-state index contributed by atoms with van der Waals surface area (Å²) in [6.45, 7) is 1.87. The number of aryl methyl sites for hydroxylation is 1. The second-order valence-corrected chi connectivity index (χ2v) is 3.84. The molecule has 0 bridgehead atoms. The zero-order valence-corrected chi connectivity index (χ0v) is 7.67. The molecule has 5 nitrogen and oxygen atoms in total. The Balaban J connectivity index is 2.42. The third-order valence-corrected chi connectivity index (χ3v) is 2.65. The van der Waals surface area contributed by atoms with Gasteiger partial charge in [-0.3, -0.25) is 9.52 Å². The maximum absolute atomic E-state index is 11.2. The highest BCUT2D eigenvalue weighted by Gasteiger charge is 2.21. The Morgan fingerprint density at radius 2 is 2.38 bits per heavy atom. The van der Waals surface area contributed by atoms with Gasteiger partial charge >= 0.3 is 0 Å². The van der Waals surface area contributed by atoms with E-state index in [1.54, 1.807) is 12.4 Å². The van der Waals surface area contributed by atoms with Crippen LogP contribution in [0.15, 0.2) is 18.5 Å². The van der Waals surface area contributed by atoms with Gasteiger partial charge in [-0.05, 0) is 12.5 Å². The molecule has 0 aromatic carbocycles. The number of rotatable bonds is 1. The average Bonchev–Trinajstić information content (AvgIpc) is 2.58. The molecule has 1 atom stereocenters. The van der Waals surface area contributed by atoms with Gasteiger partial charge in [-0.2, -0.15) is 5.10 Å². The van der Waals surface area contributed by atoms with Crippen LogP contribution in [0.5, 0.6) is 0 Å². The third kappa shape index (κ3) is 1.40. The van der Waals surface area contributed by atoms with Crippen LogP contribution in [0.1, 0.15) is 5.56 Å². The second-order valence-electron chi connectivity index (χ2n) is 2.68. The molecule has 2 heterocycles. The first kappa shape index (κ1) is 8.18. The van der Waals surface area contributed by atoms with E-state index in [9.17, 15) is 9.00 Å². The number of carbonyl (C=O) groups excluding carboxylic acids is 1. The lowest BCUT2D eigenvalue weighted by Gasteiger charge is -1.97. The monoisotopic (exact) mass is 197 g/mol. The van der Waals surface area contributed by atoms with Crippen molar-refractivity contribution in [2.75, 3.05) is 0 Å². The molecule has 2 rings (SSSR count). The van der Waals surface area contributed by atoms with Crippen molar-refractivity contribution in [2.45, 2.75) is 6.92 Å². The molecule has 1 amide bonds. The van der Waals surface area contributed by atoms with E-state index < -0.39 is 11.0 Å². The van der Waals surface area contributed by atoms with Gasteiger partial charge in [0.15, 0.2) is 16.0 Å². The summed E-state index contributed by atoms with van der Waals surface area (Å²) in [5, 5.41) is 4.32. The fourth-order valence-corrected chi connectivity index (χ4v) is 1.85. The Bertz CT molecular complexity index is 421. The van der Waals surface area contributed by atoms with Crippen LogP contribution in [0.2, 0.25) is 0 Å². The van der Waals surface area contributed by atoms with E-state index in [1.807, 2.05) is 6.92 Å². The zero-order chi connectivity index (χ0) is 9.42. The summed E-state index contributed by atoms with van der Waals surface area (Å²) in [6, 6.07) is 0. The summed E-state index contributed by atoms with van der Waals surface area (Å²) >= 11 is 0. The molecule has 68 valence electrons. The second kappa shape index (κ2) is 2.81. The van der Waals surface area contributed by atoms with Gasteiger partial charge in [0.25, 0.3) is 5.91 Å². The Hall–Kier alpha value is -1.43. The van der Waals surface area contributed by atoms with Crippen LogP contribution in [0, 0.1) is 6.92 Å². The molecule has 1 N–H and O–H groups in total. The smallest absolute Gasteiger partial charge is 0.258 e. The molecule has 0 aliphatic carbocycles. The lowest BCUT2D eigenvalue weighted by atomic mass is 10.4. The zero-order valence-electron chi connectivity index (χ0n) is 6.85. The predicted molar refractivity (Wildman–Crippen MR) is 47.5 cm³/mol. The minimum atomic E-state index is -1.47. The Morgan fingerprint density at radius 3 is 2.85 bits per heavy atom. The van der Waals surface area contributed by atoms with Gasteiger partial charge in [0.1, 0.15) is 0 Å². The Morgan fingerprint density at radius 1 is 1.62 bits per heavy atom. The number of hydrogen-bond acceptors (Lipinski definition) is 3. The lowest BCUT2D eigenvalue weighted by Crippen LogP contribution is -2.17. The summed E-state index contributed by atoms with van der Waals surface area (Å²) in [4.78, 5) is 10.8. The first-order chi connectivity index (χ1) is 6.16. The Kier molecular flexibility index (Phi) is 1.77. The summed E-state index contributed by atoms with van der Waals surface area (Å²) in [5.41, 5.74) is 0.956. The van der Waals surface area contributed by atoms with Crippen LogP contribution in [0.3, 0.4) is 0 Å². The fraction of sp³-hybridized carbons (Fsp3) is 0.143. The number of amides is 1. The van der Waals surface area contributed by atoms with Crippen molar-refractivity contribution < 1.29 is 9.00 Å². The molecule has 0 radical (unpaired) electrons. The standard InChI is InChI=1S/C7H7N3O2S/c1-5-3-8-10(4-5)7-2-6(11)9-13(7)12/h2-4H,1H3,(H,9,11). The van der Waals surface area contributed by atoms with Gasteiger partial charge < -0.3 is 0 Å². The van der Waals surface area contributed by atoms with E-state index in [0.717, 1.165) is 5.56 Å². The van der Waals surface area contributed by atoms with Crippen molar-refractivity contribution in [3.63, 3.8) is 0 Å². The van der Waals surface area contributed by atoms with Crippen LogP contribution < -0.4 is 4.72 Å². The molecule has 1 unspecified atom stereocenters. The van der Waals surface area contributed by atoms with Gasteiger partial charge in [-0.15, -0.1) is 0 Å². The van der Waals surface area contributed by atoms with Crippen molar-refractivity contribution in [3.8, 4) is 0 Å². The minimum absolute atomic E-state index is 0.346. The first-order valence-electron chi connectivity index (χ1n) is 3.62. The molecule has 1 aliphatic rings. The van der Waals surface area contributed by atoms with E-state index in [2.05, 4.69) is 9.82 Å². The summed E-state index contributed by atoms with van der Waals surface area (Å²) in [7, 11) is -1.47. The Labute approximate surface area is 77.0 Å². The lowest BCUT2D eigenvalue weighted by molar-refractivity contribution is -0.114. The topological polar surface area (TPSA) is 64.0 Å². The van der Waals surface area contributed by atoms with E-state index in [0.29, 0.717) is 5.03 Å². The third-order valence-electron chi connectivity index (χ3n) is 1.58. The normalized spacial score (nSPS) is 21.5. The van der Waals surface area contributed by atoms with Crippen molar-refractivity contribution in [1.82, 2.24) is 14.5 Å². The number of hydrogen-bond donors (Lipinski definition) is 1. The van der Waals surface area contributed by atoms with Crippen molar-refractivity contribution in [3.05, 3.63) is 24.0 Å². The van der Waals surface area contributed by atoms with Crippen molar-refractivity contribution >= 4 is 21.9 Å². The number of nitrogens with one attached hydrogen (secondary N) is 1. The quantitative estimate of drug-likeness (QED) is 0.677. The molecule has 0 fully saturated rings. The van der Waals surface area contributed by atoms with Gasteiger partial charge in [0.2, 0.25) is 0 Å². The highest BCUT2D eigenvalue weighted by molar-refractivity contribution is 7.93. The number of nitrogens with zero attached hydrogens (tertiary/aromatic N) is 2. The highest BCUT2D eigenvalue weighted by atomic mass is 32.2. The molecule has 1 aromatic rings. The molecule has 1 aromatic heterocycles. The minimum Gasteiger partial charge on any atom is -0.269 e. The highest BCUT2D eigenvalue weighted by Crippen LogP contribution is 2.12. The first-order valence-corrected chi connectivity index (χ1v) is 4.77. The number of carbonyl (C=O) groups is 1. The van der Waals surface area contributed by atoms with Gasteiger partial charge in [-0.25, -0.2) is 8.89 Å². The van der Waals surface area contributed by atoms with Crippen molar-refractivity contribution in [2.24, 2.45) is 0 Å². The fourth-order valence-electron chi connectivity index (χ4n) is 1.02. The maximum Gasteiger partial charge on any atom is 0.258 e. The SMILES string of the molecule is Cc1cnn(C2=CC(=O)NS2=O)c1. The van der Waals surface area contributed by atoms with Crippen LogP contribution in [-0.4, -0.2) is 19.9 Å². The van der Waals surface area contributed by atoms with Crippen LogP contribution in [0.25, 0.3) is 5.03 Å². The van der Waals surface area contributed by atoms with Gasteiger partial charge in [0.05, 0.1) is 6.20 Å². The van der Waals surface area contributed by atoms with Gasteiger partial charge in [-0.1, -0.05) is 0 Å². The van der Waals surface area contributed by atoms with E-state index in [4.69, 9.17) is 0 Å². The van der Waals surface area contributed by atoms with Gasteiger partial charge in [0, 0.05) is 12.3 Å². The predicted octanol–water partition coefficient (Wildman–Crippen LogP) is -0.217. The summed E-state index contributed by atoms with van der Waals surface area (Å²) in [6.07, 6.45) is 4.63. The molecule has 6 heteroatoms. The molecular weight excluding hydrogens is 190 g/mol. The average molecular weight is 197 g/mol. The van der Waals surface area contributed by atoms with Crippen molar-refractivity contribution in [1.29, 1.82) is 0 Å². The van der Waals surface area contributed by atoms with Crippen LogP contribution in [0.4, 0.5) is 0 Å². The van der Waals surface area contributed by atoms with E-state index in [-0.39, 0.29) is 5.91 Å². The largest absolute Gasteiger partial charge is 0.269 e.